The molecule has 1 unspecified atom stereocenters. The van der Waals surface area contributed by atoms with Gasteiger partial charge in [0, 0.05) is 66.3 Å². The molecular formula is C79H61NO2. The molecule has 4 aliphatic carbocycles. The molecule has 2 heterocycles. The lowest BCUT2D eigenvalue weighted by Gasteiger charge is -2.30. The molecule has 2 aromatic heterocycles. The minimum Gasteiger partial charge on any atom is -0.456 e. The number of hydrogen-bond donors (Lipinski definition) is 0. The molecule has 11 aromatic carbocycles. The van der Waals surface area contributed by atoms with Gasteiger partial charge in [0.2, 0.25) is 0 Å². The topological polar surface area (TPSA) is 29.5 Å². The van der Waals surface area contributed by atoms with Gasteiger partial charge in [-0.15, -0.1) is 0 Å². The summed E-state index contributed by atoms with van der Waals surface area (Å²) >= 11 is 0. The molecule has 0 saturated heterocycles. The van der Waals surface area contributed by atoms with Crippen LogP contribution in [0.5, 0.6) is 0 Å². The summed E-state index contributed by atoms with van der Waals surface area (Å²) in [6.45, 7) is 16.7. The highest BCUT2D eigenvalue weighted by Gasteiger charge is 2.44. The third-order valence-electron chi connectivity index (χ3n) is 20.0. The van der Waals surface area contributed by atoms with Gasteiger partial charge < -0.3 is 13.7 Å². The van der Waals surface area contributed by atoms with Crippen LogP contribution in [0.4, 0.5) is 17.1 Å². The zero-order chi connectivity index (χ0) is 55.1. The zero-order valence-electron chi connectivity index (χ0n) is 47.5. The van der Waals surface area contributed by atoms with Crippen molar-refractivity contribution < 1.29 is 8.83 Å². The van der Waals surface area contributed by atoms with E-state index in [2.05, 4.69) is 266 Å². The molecule has 0 aliphatic heterocycles. The lowest BCUT2D eigenvalue weighted by molar-refractivity contribution is 0.651. The maximum absolute atomic E-state index is 6.91. The van der Waals surface area contributed by atoms with Gasteiger partial charge in [0.05, 0.1) is 0 Å². The maximum Gasteiger partial charge on any atom is 0.143 e. The molecule has 0 spiro atoms. The van der Waals surface area contributed by atoms with Crippen LogP contribution in [0.25, 0.3) is 99.5 Å². The highest BCUT2D eigenvalue weighted by atomic mass is 16.3. The first-order valence-electron chi connectivity index (χ1n) is 29.4. The smallest absolute Gasteiger partial charge is 0.143 e. The van der Waals surface area contributed by atoms with Crippen molar-refractivity contribution in [1.29, 1.82) is 0 Å². The van der Waals surface area contributed by atoms with Crippen LogP contribution in [0, 0.1) is 6.92 Å². The van der Waals surface area contributed by atoms with Crippen LogP contribution in [-0.2, 0) is 22.7 Å². The van der Waals surface area contributed by atoms with E-state index in [1.165, 1.54) is 122 Å². The van der Waals surface area contributed by atoms with Gasteiger partial charge in [0.25, 0.3) is 0 Å². The van der Waals surface area contributed by atoms with Gasteiger partial charge in [-0.05, 0) is 193 Å². The number of rotatable bonds is 7. The molecule has 0 fully saturated rings. The fraction of sp³-hybridized carbons (Fsp3) is 0.165. The van der Waals surface area contributed by atoms with E-state index in [9.17, 15) is 0 Å². The molecule has 0 amide bonds. The average Bonchev–Trinajstić information content (AvgIpc) is 2.36. The Hall–Kier alpha value is -9.18. The minimum absolute atomic E-state index is 0.193. The lowest BCUT2D eigenvalue weighted by atomic mass is 9.79. The zero-order valence-corrected chi connectivity index (χ0v) is 47.5. The summed E-state index contributed by atoms with van der Waals surface area (Å²) in [4.78, 5) is 2.57. The highest BCUT2D eigenvalue weighted by molar-refractivity contribution is 6.19. The Morgan fingerprint density at radius 3 is 1.70 bits per heavy atom. The number of fused-ring (bicyclic) bond motifs is 20. The first kappa shape index (κ1) is 47.6. The van der Waals surface area contributed by atoms with Crippen LogP contribution in [0.1, 0.15) is 110 Å². The molecular weight excluding hydrogens is 995 g/mol. The van der Waals surface area contributed by atoms with Gasteiger partial charge in [-0.3, -0.25) is 0 Å². The third-order valence-corrected chi connectivity index (χ3v) is 20.0. The molecule has 3 heteroatoms. The predicted octanol–water partition coefficient (Wildman–Crippen LogP) is 21.6. The monoisotopic (exact) mass is 1060 g/mol. The van der Waals surface area contributed by atoms with Crippen LogP contribution < -0.4 is 4.90 Å². The SMILES string of the molecule is Cc1ccc(-c2cc3c(c4c2oc2ccccc24)-c2ccc(N(c4ccc5c(c4)C(CCc4ccccc4)c4ccccc4-5)c4ccc5c(c4)C(C)(C)c4cc6c(cc4-5)C(C)(C)c4ccc5oc7ccccc7c5c4-6)cc2C3(C)C)cc1. The van der Waals surface area contributed by atoms with Crippen molar-refractivity contribution >= 4 is 60.9 Å². The first-order valence-corrected chi connectivity index (χ1v) is 29.4. The second kappa shape index (κ2) is 16.7. The summed E-state index contributed by atoms with van der Waals surface area (Å²) in [5.74, 6) is 0.266. The Bertz CT molecular complexity index is 4910. The number of aryl methyl sites for hydroxylation is 2. The average molecular weight is 1060 g/mol. The van der Waals surface area contributed by atoms with Gasteiger partial charge in [0.15, 0.2) is 0 Å². The van der Waals surface area contributed by atoms with Gasteiger partial charge in [-0.2, -0.15) is 0 Å². The summed E-state index contributed by atoms with van der Waals surface area (Å²) in [5, 5.41) is 4.75. The van der Waals surface area contributed by atoms with E-state index < -0.39 is 0 Å². The quantitative estimate of drug-likeness (QED) is 0.159. The highest BCUT2D eigenvalue weighted by Crippen LogP contribution is 2.61. The molecule has 0 N–H and O–H groups in total. The van der Waals surface area contributed by atoms with Crippen molar-refractivity contribution in [2.45, 2.75) is 83.5 Å². The van der Waals surface area contributed by atoms with E-state index in [1.54, 1.807) is 0 Å². The fourth-order valence-corrected chi connectivity index (χ4v) is 15.7. The van der Waals surface area contributed by atoms with Crippen molar-refractivity contribution in [1.82, 2.24) is 0 Å². The maximum atomic E-state index is 6.91. The Labute approximate surface area is 479 Å². The number of para-hydroxylation sites is 2. The molecule has 82 heavy (non-hydrogen) atoms. The number of hydrogen-bond acceptors (Lipinski definition) is 3. The van der Waals surface area contributed by atoms with Crippen LogP contribution in [0.15, 0.2) is 221 Å². The summed E-state index contributed by atoms with van der Waals surface area (Å²) in [6.07, 6.45) is 2.04. The summed E-state index contributed by atoms with van der Waals surface area (Å²) in [5.41, 5.74) is 32.8. The van der Waals surface area contributed by atoms with E-state index in [-0.39, 0.29) is 22.2 Å². The van der Waals surface area contributed by atoms with Gasteiger partial charge in [-0.1, -0.05) is 187 Å². The molecule has 0 bridgehead atoms. The largest absolute Gasteiger partial charge is 0.456 e. The lowest BCUT2D eigenvalue weighted by Crippen LogP contribution is -2.18. The molecule has 0 saturated carbocycles. The van der Waals surface area contributed by atoms with Gasteiger partial charge >= 0.3 is 0 Å². The summed E-state index contributed by atoms with van der Waals surface area (Å²) in [6, 6.07) is 80.2. The van der Waals surface area contributed by atoms with Crippen LogP contribution in [-0.4, -0.2) is 0 Å². The third kappa shape index (κ3) is 6.48. The fourth-order valence-electron chi connectivity index (χ4n) is 15.7. The van der Waals surface area contributed by atoms with Crippen molar-refractivity contribution in [2.75, 3.05) is 4.90 Å². The minimum atomic E-state index is -0.330. The van der Waals surface area contributed by atoms with Crippen LogP contribution >= 0.6 is 0 Å². The normalized spacial score (nSPS) is 16.0. The molecule has 0 radical (unpaired) electrons. The van der Waals surface area contributed by atoms with Crippen molar-refractivity contribution in [3.8, 4) is 55.6 Å². The molecule has 13 aromatic rings. The summed E-state index contributed by atoms with van der Waals surface area (Å²) < 4.78 is 13.4. The second-order valence-electron chi connectivity index (χ2n) is 25.5. The predicted molar refractivity (Wildman–Crippen MR) is 341 cm³/mol. The van der Waals surface area contributed by atoms with E-state index >= 15 is 0 Å². The van der Waals surface area contributed by atoms with E-state index in [0.29, 0.717) is 0 Å². The van der Waals surface area contributed by atoms with Gasteiger partial charge in [0.1, 0.15) is 22.3 Å². The molecule has 17 rings (SSSR count). The summed E-state index contributed by atoms with van der Waals surface area (Å²) in [7, 11) is 0. The standard InChI is InChI=1S/C79H61NO2/c1-45-25-28-47(29-26-45)59-42-68-72(75-58-22-14-16-24-70(58)82-76(59)75)56-36-32-50(41-65(56)79(68,6)7)80(48-30-34-54-52-20-12-11-19-51(52)53(60(54)39-48)33-27-46-17-9-8-10-18-46)49-31-35-55-61-43-67-62(44-66(61)78(4,5)64(55)40-49)73-63(77(67,2)3)37-38-71-74(73)57-21-13-15-23-69(57)81-71/h8-26,28-32,34-44,53H,27,33H2,1-7H3. The number of benzene rings is 11. The Kier molecular flexibility index (Phi) is 9.70. The van der Waals surface area contributed by atoms with Crippen LogP contribution in [0.3, 0.4) is 0 Å². The van der Waals surface area contributed by atoms with Crippen molar-refractivity contribution in [2.24, 2.45) is 0 Å². The van der Waals surface area contributed by atoms with Crippen molar-refractivity contribution in [3.05, 3.63) is 268 Å². The molecule has 394 valence electrons. The van der Waals surface area contributed by atoms with E-state index in [1.807, 2.05) is 0 Å². The van der Waals surface area contributed by atoms with Crippen LogP contribution in [0.2, 0.25) is 0 Å². The first-order chi connectivity index (χ1) is 39.8. The van der Waals surface area contributed by atoms with Gasteiger partial charge in [-0.25, -0.2) is 0 Å². The molecule has 4 aliphatic rings. The Morgan fingerprint density at radius 2 is 0.927 bits per heavy atom. The van der Waals surface area contributed by atoms with E-state index in [0.717, 1.165) is 63.2 Å². The van der Waals surface area contributed by atoms with E-state index in [4.69, 9.17) is 8.83 Å². The number of furan rings is 2. The number of nitrogens with zero attached hydrogens (tertiary/aromatic N) is 1. The van der Waals surface area contributed by atoms with Crippen molar-refractivity contribution in [3.63, 3.8) is 0 Å². The Balaban J connectivity index is 0.849. The molecule has 3 nitrogen and oxygen atoms in total. The molecule has 1 atom stereocenters. The Morgan fingerprint density at radius 1 is 0.378 bits per heavy atom. The number of anilines is 3. The second-order valence-corrected chi connectivity index (χ2v) is 25.5.